The summed E-state index contributed by atoms with van der Waals surface area (Å²) in [5.74, 6) is 3.16. The first kappa shape index (κ1) is 14.3. The van der Waals surface area contributed by atoms with Gasteiger partial charge < -0.3 is 15.3 Å². The van der Waals surface area contributed by atoms with Gasteiger partial charge in [-0.3, -0.25) is 0 Å². The molecule has 1 aromatic heterocycles. The molecule has 1 heterocycles. The number of nitrogens with zero attached hydrogens (tertiary/aromatic N) is 3. The Morgan fingerprint density at radius 3 is 2.76 bits per heavy atom. The average Bonchev–Trinajstić information content (AvgIpc) is 2.52. The summed E-state index contributed by atoms with van der Waals surface area (Å²) in [6.07, 6.45) is 8.05. The Morgan fingerprint density at radius 1 is 1.33 bits per heavy atom. The van der Waals surface area contributed by atoms with Crippen molar-refractivity contribution >= 4 is 12.0 Å². The molecule has 0 saturated carbocycles. The van der Waals surface area contributed by atoms with Gasteiger partial charge in [-0.25, -0.2) is 9.97 Å². The number of oxime groups is 1. The second-order valence-electron chi connectivity index (χ2n) is 4.02. The summed E-state index contributed by atoms with van der Waals surface area (Å²) in [5.41, 5.74) is 8.02. The number of aromatic nitrogens is 2. The predicted octanol–water partition coefficient (Wildman–Crippen LogP) is 1.60. The van der Waals surface area contributed by atoms with E-state index in [1.165, 1.54) is 19.7 Å². The monoisotopic (exact) mass is 282 g/mol. The first-order chi connectivity index (χ1) is 10.2. The van der Waals surface area contributed by atoms with E-state index >= 15 is 0 Å². The van der Waals surface area contributed by atoms with Crippen LogP contribution in [-0.2, 0) is 11.4 Å². The topological polar surface area (TPSA) is 82.6 Å². The molecule has 2 rings (SSSR count). The molecule has 0 aliphatic heterocycles. The minimum atomic E-state index is 0.267. The van der Waals surface area contributed by atoms with E-state index in [0.717, 1.165) is 11.1 Å². The Labute approximate surface area is 122 Å². The Balaban J connectivity index is 2.14. The fourth-order valence-corrected chi connectivity index (χ4v) is 1.58. The lowest BCUT2D eigenvalue weighted by Crippen LogP contribution is -2.05. The third-order valence-electron chi connectivity index (χ3n) is 2.66. The molecule has 2 N–H and O–H groups in total. The standard InChI is InChI=1S/C15H14N4O2/c1-3-11-4-6-12(7-5-11)9-21-15-13(8-19-20-2)14(16)17-10-18-15/h1,4-8,10H,9H2,2H3,(H2,16,17,18)/b19-8+. The summed E-state index contributed by atoms with van der Waals surface area (Å²) in [7, 11) is 1.43. The van der Waals surface area contributed by atoms with Crippen LogP contribution in [-0.4, -0.2) is 23.3 Å². The Bertz CT molecular complexity index is 675. The van der Waals surface area contributed by atoms with Crippen molar-refractivity contribution in [2.75, 3.05) is 12.8 Å². The highest BCUT2D eigenvalue weighted by molar-refractivity contribution is 5.87. The van der Waals surface area contributed by atoms with Crippen molar-refractivity contribution < 1.29 is 9.57 Å². The lowest BCUT2D eigenvalue weighted by molar-refractivity contribution is 0.215. The highest BCUT2D eigenvalue weighted by Crippen LogP contribution is 2.18. The molecule has 0 spiro atoms. The Hall–Kier alpha value is -3.07. The molecule has 2 aromatic rings. The zero-order chi connectivity index (χ0) is 15.1. The van der Waals surface area contributed by atoms with E-state index in [0.29, 0.717) is 18.1 Å². The summed E-state index contributed by atoms with van der Waals surface area (Å²) >= 11 is 0. The molecule has 0 aliphatic carbocycles. The maximum Gasteiger partial charge on any atom is 0.228 e. The molecule has 6 heteroatoms. The van der Waals surface area contributed by atoms with Gasteiger partial charge in [0.25, 0.3) is 0 Å². The third-order valence-corrected chi connectivity index (χ3v) is 2.66. The van der Waals surface area contributed by atoms with E-state index in [2.05, 4.69) is 25.9 Å². The molecule has 0 fully saturated rings. The zero-order valence-corrected chi connectivity index (χ0v) is 11.5. The van der Waals surface area contributed by atoms with E-state index in [4.69, 9.17) is 16.9 Å². The van der Waals surface area contributed by atoms with Crippen molar-refractivity contribution in [1.29, 1.82) is 0 Å². The number of benzene rings is 1. The summed E-state index contributed by atoms with van der Waals surface area (Å²) in [4.78, 5) is 12.6. The van der Waals surface area contributed by atoms with Crippen molar-refractivity contribution in [3.05, 3.63) is 47.3 Å². The average molecular weight is 282 g/mol. The second-order valence-corrected chi connectivity index (χ2v) is 4.02. The predicted molar refractivity (Wildman–Crippen MR) is 79.8 cm³/mol. The molecule has 0 aliphatic rings. The van der Waals surface area contributed by atoms with Gasteiger partial charge >= 0.3 is 0 Å². The molecule has 0 amide bonds. The minimum absolute atomic E-state index is 0.267. The molecule has 106 valence electrons. The Kier molecular flexibility index (Phi) is 4.72. The molecule has 21 heavy (non-hydrogen) atoms. The van der Waals surface area contributed by atoms with Crippen LogP contribution in [0.5, 0.6) is 5.88 Å². The molecule has 0 bridgehead atoms. The van der Waals surface area contributed by atoms with Gasteiger partial charge in [0.15, 0.2) is 0 Å². The van der Waals surface area contributed by atoms with Crippen LogP contribution in [0.15, 0.2) is 35.7 Å². The lowest BCUT2D eigenvalue weighted by Gasteiger charge is -2.08. The zero-order valence-electron chi connectivity index (χ0n) is 11.5. The van der Waals surface area contributed by atoms with Crippen molar-refractivity contribution in [3.8, 4) is 18.2 Å². The van der Waals surface area contributed by atoms with E-state index in [1.807, 2.05) is 24.3 Å². The van der Waals surface area contributed by atoms with Gasteiger partial charge in [0.2, 0.25) is 5.88 Å². The SMILES string of the molecule is C#Cc1ccc(COc2ncnc(N)c2/C=N/OC)cc1. The minimum Gasteiger partial charge on any atom is -0.472 e. The number of anilines is 1. The van der Waals surface area contributed by atoms with Gasteiger partial charge in [0.1, 0.15) is 31.4 Å². The van der Waals surface area contributed by atoms with Crippen LogP contribution in [0, 0.1) is 12.3 Å². The summed E-state index contributed by atoms with van der Waals surface area (Å²) in [5, 5.41) is 3.65. The second kappa shape index (κ2) is 6.91. The molecule has 0 atom stereocenters. The van der Waals surface area contributed by atoms with Gasteiger partial charge in [0, 0.05) is 5.56 Å². The first-order valence-electron chi connectivity index (χ1n) is 6.10. The van der Waals surface area contributed by atoms with E-state index in [-0.39, 0.29) is 5.82 Å². The van der Waals surface area contributed by atoms with E-state index in [1.54, 1.807) is 0 Å². The highest BCUT2D eigenvalue weighted by atomic mass is 16.6. The van der Waals surface area contributed by atoms with Gasteiger partial charge in [-0.2, -0.15) is 0 Å². The number of rotatable bonds is 5. The normalized spacial score (nSPS) is 10.3. The van der Waals surface area contributed by atoms with Crippen LogP contribution in [0.2, 0.25) is 0 Å². The lowest BCUT2D eigenvalue weighted by atomic mass is 10.1. The number of hydrogen-bond acceptors (Lipinski definition) is 6. The van der Waals surface area contributed by atoms with E-state index in [9.17, 15) is 0 Å². The Morgan fingerprint density at radius 2 is 2.10 bits per heavy atom. The van der Waals surface area contributed by atoms with Gasteiger partial charge in [-0.1, -0.05) is 23.2 Å². The van der Waals surface area contributed by atoms with Crippen molar-refractivity contribution in [1.82, 2.24) is 9.97 Å². The molecule has 0 saturated heterocycles. The van der Waals surface area contributed by atoms with Gasteiger partial charge in [0.05, 0.1) is 6.21 Å². The number of nitrogens with two attached hydrogens (primary N) is 1. The van der Waals surface area contributed by atoms with Gasteiger partial charge in [-0.15, -0.1) is 6.42 Å². The molecule has 0 radical (unpaired) electrons. The molecule has 1 aromatic carbocycles. The van der Waals surface area contributed by atoms with Crippen LogP contribution in [0.25, 0.3) is 0 Å². The quantitative estimate of drug-likeness (QED) is 0.511. The largest absolute Gasteiger partial charge is 0.472 e. The van der Waals surface area contributed by atoms with Crippen LogP contribution in [0.3, 0.4) is 0 Å². The number of terminal acetylenes is 1. The fourth-order valence-electron chi connectivity index (χ4n) is 1.58. The maximum absolute atomic E-state index is 5.77. The van der Waals surface area contributed by atoms with Crippen molar-refractivity contribution in [3.63, 3.8) is 0 Å². The molecule has 6 nitrogen and oxygen atoms in total. The summed E-state index contributed by atoms with van der Waals surface area (Å²) in [6, 6.07) is 7.48. The van der Waals surface area contributed by atoms with Crippen LogP contribution in [0.4, 0.5) is 5.82 Å². The third kappa shape index (κ3) is 3.70. The summed E-state index contributed by atoms with van der Waals surface area (Å²) < 4.78 is 5.65. The van der Waals surface area contributed by atoms with E-state index < -0.39 is 0 Å². The van der Waals surface area contributed by atoms with Gasteiger partial charge in [-0.05, 0) is 17.7 Å². The number of hydrogen-bond donors (Lipinski definition) is 1. The number of nitrogen functional groups attached to an aromatic ring is 1. The summed E-state index contributed by atoms with van der Waals surface area (Å²) in [6.45, 7) is 0.328. The highest BCUT2D eigenvalue weighted by Gasteiger charge is 2.09. The maximum atomic E-state index is 5.77. The van der Waals surface area contributed by atoms with Crippen LogP contribution in [0.1, 0.15) is 16.7 Å². The molecule has 0 unspecified atom stereocenters. The van der Waals surface area contributed by atoms with Crippen LogP contribution < -0.4 is 10.5 Å². The van der Waals surface area contributed by atoms with Crippen molar-refractivity contribution in [2.24, 2.45) is 5.16 Å². The number of ether oxygens (including phenoxy) is 1. The fraction of sp³-hybridized carbons (Fsp3) is 0.133. The van der Waals surface area contributed by atoms with Crippen LogP contribution >= 0.6 is 0 Å². The van der Waals surface area contributed by atoms with Crippen molar-refractivity contribution in [2.45, 2.75) is 6.61 Å². The smallest absolute Gasteiger partial charge is 0.228 e. The molecular formula is C15H14N4O2. The first-order valence-corrected chi connectivity index (χ1v) is 6.10. The molecular weight excluding hydrogens is 268 g/mol.